The van der Waals surface area contributed by atoms with E-state index in [9.17, 15) is 24.3 Å². The van der Waals surface area contributed by atoms with Gasteiger partial charge in [-0.25, -0.2) is 0 Å². The van der Waals surface area contributed by atoms with E-state index in [0.29, 0.717) is 24.9 Å². The number of hydrogen-bond donors (Lipinski definition) is 2. The molecular weight excluding hydrogens is 548 g/mol. The molecule has 0 aromatic carbocycles. The van der Waals surface area contributed by atoms with Crippen molar-refractivity contribution in [3.63, 3.8) is 0 Å². The Bertz CT molecular complexity index is 1090. The lowest BCUT2D eigenvalue weighted by atomic mass is 9.52. The van der Waals surface area contributed by atoms with Crippen molar-refractivity contribution in [1.82, 2.24) is 0 Å². The van der Waals surface area contributed by atoms with Crippen molar-refractivity contribution in [1.29, 1.82) is 0 Å². The van der Waals surface area contributed by atoms with Gasteiger partial charge in [-0.05, 0) is 101 Å². The molecule has 6 rings (SSSR count). The van der Waals surface area contributed by atoms with E-state index in [0.717, 1.165) is 57.8 Å². The Labute approximate surface area is 247 Å². The maximum atomic E-state index is 14.2. The van der Waals surface area contributed by atoms with Gasteiger partial charge in [-0.1, -0.05) is 0 Å². The minimum absolute atomic E-state index is 0.0138. The zero-order chi connectivity index (χ0) is 29.4. The van der Waals surface area contributed by atoms with Crippen LogP contribution in [0.15, 0.2) is 0 Å². The van der Waals surface area contributed by atoms with Gasteiger partial charge in [-0.2, -0.15) is 12.6 Å². The Hall–Kier alpha value is -1.33. The van der Waals surface area contributed by atoms with Crippen LogP contribution in [0.4, 0.5) is 0 Å². The number of rotatable bonds is 9. The van der Waals surface area contributed by atoms with Crippen molar-refractivity contribution >= 4 is 37.0 Å². The van der Waals surface area contributed by atoms with Gasteiger partial charge >= 0.3 is 5.97 Å². The summed E-state index contributed by atoms with van der Waals surface area (Å²) in [6.45, 7) is 4.38. The highest BCUT2D eigenvalue weighted by atomic mass is 32.1. The topological polar surface area (TPSA) is 125 Å². The molecule has 0 aromatic heterocycles. The van der Waals surface area contributed by atoms with Gasteiger partial charge in [0.05, 0.1) is 17.8 Å². The molecule has 41 heavy (non-hydrogen) atoms. The maximum absolute atomic E-state index is 14.2. The summed E-state index contributed by atoms with van der Waals surface area (Å²) in [7, 11) is 0. The predicted octanol–water partition coefficient (Wildman–Crippen LogP) is 3.23. The van der Waals surface area contributed by atoms with Crippen LogP contribution in [0.2, 0.25) is 0 Å². The summed E-state index contributed by atoms with van der Waals surface area (Å²) in [5, 5.41) is 10.8. The number of aliphatic hydroxyl groups is 1. The molecule has 1 heterocycles. The molecular formula is C31H44O9S. The summed E-state index contributed by atoms with van der Waals surface area (Å²) in [5.74, 6) is 0.287. The van der Waals surface area contributed by atoms with Crippen LogP contribution in [0.5, 0.6) is 0 Å². The minimum Gasteiger partial charge on any atom is -0.457 e. The molecule has 5 saturated carbocycles. The molecule has 0 bridgehead atoms. The zero-order valence-corrected chi connectivity index (χ0v) is 25.2. The van der Waals surface area contributed by atoms with E-state index in [1.165, 1.54) is 6.92 Å². The molecule has 10 heteroatoms. The first-order valence-electron chi connectivity index (χ1n) is 15.4. The number of fused-ring (bicyclic) bond motifs is 4. The Kier molecular flexibility index (Phi) is 7.53. The first-order valence-corrected chi connectivity index (χ1v) is 15.8. The third-order valence-corrected chi connectivity index (χ3v) is 12.8. The second-order valence-electron chi connectivity index (χ2n) is 14.2. The number of aldehydes is 2. The molecule has 1 saturated heterocycles. The van der Waals surface area contributed by atoms with Gasteiger partial charge in [0, 0.05) is 23.5 Å². The van der Waals surface area contributed by atoms with Crippen LogP contribution in [0, 0.1) is 34.5 Å². The van der Waals surface area contributed by atoms with Crippen LogP contribution < -0.4 is 0 Å². The van der Waals surface area contributed by atoms with Crippen molar-refractivity contribution in [2.24, 2.45) is 34.5 Å². The van der Waals surface area contributed by atoms with E-state index in [1.807, 2.05) is 0 Å². The number of Topliss-reactive ketones (excluding diaryl/α,β-unsaturated/α-hetero) is 1. The lowest BCUT2D eigenvalue weighted by molar-refractivity contribution is -0.197. The molecule has 9 unspecified atom stereocenters. The molecule has 6 fully saturated rings. The molecule has 9 nitrogen and oxygen atoms in total. The van der Waals surface area contributed by atoms with Crippen LogP contribution >= 0.6 is 12.6 Å². The SMILES string of the molecule is CC(=O)O[C@@H](C1CCC2C(O1)C(=O)C1C3CCC4C[C@@H](OC(C=O)OCC=O)CCC45C[C@@]35CCC21S)C(C)(C)O. The fourth-order valence-electron chi connectivity index (χ4n) is 10.5. The van der Waals surface area contributed by atoms with E-state index in [-0.39, 0.29) is 47.1 Å². The summed E-state index contributed by atoms with van der Waals surface area (Å²) in [6, 6.07) is 0. The highest BCUT2D eigenvalue weighted by molar-refractivity contribution is 7.82. The number of carbonyl (C=O) groups is 4. The van der Waals surface area contributed by atoms with Crippen LogP contribution in [0.25, 0.3) is 0 Å². The fourth-order valence-corrected chi connectivity index (χ4v) is 11.2. The summed E-state index contributed by atoms with van der Waals surface area (Å²) in [5.41, 5.74) is -0.941. The first kappa shape index (κ1) is 29.7. The van der Waals surface area contributed by atoms with Gasteiger partial charge in [0.25, 0.3) is 0 Å². The Morgan fingerprint density at radius 2 is 1.88 bits per heavy atom. The highest BCUT2D eigenvalue weighted by Gasteiger charge is 2.80. The normalized spacial score (nSPS) is 46.1. The fraction of sp³-hybridized carbons (Fsp3) is 0.871. The standard InChI is InChI=1S/C31H44O9S/c1-17(34)38-27(28(2,3)36)22-7-6-21-26(40-22)25(35)24-20-5-4-18-14-19(39-23(15-33)37-13-12-32)8-9-29(18)16-30(20,29)10-11-31(21,24)41/h12,15,18-24,26-27,36,41H,4-11,13-14,16H2,1-3H3/t18?,19-,20?,21?,22?,23?,24?,26?,27-,29?,30-,31?/m0/s1. The minimum atomic E-state index is -1.30. The van der Waals surface area contributed by atoms with Crippen LogP contribution in [0.1, 0.15) is 85.0 Å². The third-order valence-electron chi connectivity index (χ3n) is 12.0. The molecule has 2 spiro atoms. The number of carbonyl (C=O) groups excluding carboxylic acids is 4. The number of hydrogen-bond acceptors (Lipinski definition) is 10. The molecule has 1 aliphatic heterocycles. The van der Waals surface area contributed by atoms with Gasteiger partial charge in [-0.15, -0.1) is 0 Å². The van der Waals surface area contributed by atoms with Crippen molar-refractivity contribution in [3.05, 3.63) is 0 Å². The van der Waals surface area contributed by atoms with Crippen molar-refractivity contribution in [2.75, 3.05) is 6.61 Å². The van der Waals surface area contributed by atoms with E-state index in [2.05, 4.69) is 0 Å². The number of thiol groups is 1. The zero-order valence-electron chi connectivity index (χ0n) is 24.3. The van der Waals surface area contributed by atoms with Gasteiger partial charge in [-0.3, -0.25) is 14.4 Å². The molecule has 0 amide bonds. The molecule has 0 aromatic rings. The second-order valence-corrected chi connectivity index (χ2v) is 15.1. The predicted molar refractivity (Wildman–Crippen MR) is 149 cm³/mol. The average molecular weight is 593 g/mol. The third kappa shape index (κ3) is 4.57. The molecule has 0 radical (unpaired) electrons. The first-order chi connectivity index (χ1) is 19.4. The maximum Gasteiger partial charge on any atom is 0.303 e. The Balaban J connectivity index is 1.18. The van der Waals surface area contributed by atoms with Crippen molar-refractivity contribution in [2.45, 2.75) is 126 Å². The van der Waals surface area contributed by atoms with Crippen molar-refractivity contribution in [3.8, 4) is 0 Å². The van der Waals surface area contributed by atoms with Crippen LogP contribution in [-0.4, -0.2) is 77.1 Å². The lowest BCUT2D eigenvalue weighted by Gasteiger charge is -2.55. The Morgan fingerprint density at radius 3 is 2.56 bits per heavy atom. The van der Waals surface area contributed by atoms with E-state index in [1.54, 1.807) is 13.8 Å². The largest absolute Gasteiger partial charge is 0.457 e. The quantitative estimate of drug-likeness (QED) is 0.180. The smallest absolute Gasteiger partial charge is 0.303 e. The van der Waals surface area contributed by atoms with E-state index in [4.69, 9.17) is 31.6 Å². The van der Waals surface area contributed by atoms with Gasteiger partial charge in [0.15, 0.2) is 18.2 Å². The molecule has 5 aliphatic carbocycles. The monoisotopic (exact) mass is 592 g/mol. The number of ketones is 1. The average Bonchev–Trinajstić information content (AvgIpc) is 3.54. The van der Waals surface area contributed by atoms with Crippen molar-refractivity contribution < 1.29 is 43.2 Å². The highest BCUT2D eigenvalue weighted by Crippen LogP contribution is 2.85. The lowest BCUT2D eigenvalue weighted by Crippen LogP contribution is -2.54. The summed E-state index contributed by atoms with van der Waals surface area (Å²) < 4.78 is 22.8. The number of esters is 1. The Morgan fingerprint density at radius 1 is 1.12 bits per heavy atom. The van der Waals surface area contributed by atoms with Crippen LogP contribution in [-0.2, 0) is 38.1 Å². The molecule has 6 aliphatic rings. The summed E-state index contributed by atoms with van der Waals surface area (Å²) in [6.07, 6.45) is 7.35. The van der Waals surface area contributed by atoms with Gasteiger partial charge in [0.1, 0.15) is 19.0 Å². The molecule has 228 valence electrons. The van der Waals surface area contributed by atoms with Gasteiger partial charge < -0.3 is 28.8 Å². The van der Waals surface area contributed by atoms with E-state index >= 15 is 0 Å². The van der Waals surface area contributed by atoms with Gasteiger partial charge in [0.2, 0.25) is 6.29 Å². The molecule has 1 N–H and O–H groups in total. The summed E-state index contributed by atoms with van der Waals surface area (Å²) in [4.78, 5) is 48.1. The molecule has 12 atom stereocenters. The van der Waals surface area contributed by atoms with Crippen LogP contribution in [0.3, 0.4) is 0 Å². The van der Waals surface area contributed by atoms with E-state index < -0.39 is 40.9 Å². The number of ether oxygens (including phenoxy) is 4. The summed E-state index contributed by atoms with van der Waals surface area (Å²) >= 11 is 5.33. The second kappa shape index (κ2) is 10.4.